The molecule has 2 aromatic carbocycles. The Labute approximate surface area is 176 Å². The summed E-state index contributed by atoms with van der Waals surface area (Å²) in [6.45, 7) is 1.88. The number of ether oxygens (including phenoxy) is 1. The van der Waals surface area contributed by atoms with E-state index in [4.69, 9.17) is 4.74 Å². The van der Waals surface area contributed by atoms with E-state index in [2.05, 4.69) is 0 Å². The van der Waals surface area contributed by atoms with Gasteiger partial charge in [0.2, 0.25) is 0 Å². The molecule has 4 rings (SSSR count). The number of aryl methyl sites for hydroxylation is 1. The predicted octanol–water partition coefficient (Wildman–Crippen LogP) is 4.83. The molecule has 0 bridgehead atoms. The second kappa shape index (κ2) is 7.76. The van der Waals surface area contributed by atoms with Gasteiger partial charge in [-0.25, -0.2) is 4.39 Å². The lowest BCUT2D eigenvalue weighted by atomic mass is 9.98. The molecule has 5 nitrogen and oxygen atoms in total. The molecule has 1 aromatic heterocycles. The first-order valence-corrected chi connectivity index (χ1v) is 10.1. The third kappa shape index (κ3) is 3.27. The van der Waals surface area contributed by atoms with Crippen LogP contribution >= 0.6 is 11.3 Å². The maximum Gasteiger partial charge on any atom is 0.300 e. The second-order valence-electron chi connectivity index (χ2n) is 6.85. The molecule has 152 valence electrons. The van der Waals surface area contributed by atoms with Crippen LogP contribution in [0.2, 0.25) is 0 Å². The number of benzene rings is 2. The van der Waals surface area contributed by atoms with Crippen LogP contribution in [0.4, 0.5) is 10.1 Å². The highest BCUT2D eigenvalue weighted by atomic mass is 32.1. The van der Waals surface area contributed by atoms with Crippen LogP contribution in [0, 0.1) is 12.7 Å². The van der Waals surface area contributed by atoms with Gasteiger partial charge in [-0.05, 0) is 60.3 Å². The molecule has 1 unspecified atom stereocenters. The molecule has 1 amide bonds. The van der Waals surface area contributed by atoms with Crippen molar-refractivity contribution in [3.8, 4) is 5.75 Å². The van der Waals surface area contributed by atoms with E-state index >= 15 is 0 Å². The molecule has 7 heteroatoms. The largest absolute Gasteiger partial charge is 0.507 e. The average molecular weight is 423 g/mol. The molecule has 0 radical (unpaired) electrons. The summed E-state index contributed by atoms with van der Waals surface area (Å²) < 4.78 is 18.7. The summed E-state index contributed by atoms with van der Waals surface area (Å²) in [5, 5.41) is 12.9. The van der Waals surface area contributed by atoms with Crippen molar-refractivity contribution in [2.45, 2.75) is 13.0 Å². The molecular weight excluding hydrogens is 405 g/mol. The van der Waals surface area contributed by atoms with Gasteiger partial charge in [0, 0.05) is 16.1 Å². The van der Waals surface area contributed by atoms with Gasteiger partial charge in [0.25, 0.3) is 11.7 Å². The Kier molecular flexibility index (Phi) is 5.13. The Morgan fingerprint density at radius 2 is 1.87 bits per heavy atom. The number of carbonyl (C=O) groups excluding carboxylic acids is 2. The number of halogens is 1. The number of rotatable bonds is 4. The zero-order chi connectivity index (χ0) is 21.4. The number of methoxy groups -OCH3 is 1. The smallest absolute Gasteiger partial charge is 0.300 e. The number of aliphatic hydroxyl groups is 1. The van der Waals surface area contributed by atoms with Gasteiger partial charge in [-0.15, -0.1) is 11.3 Å². The molecule has 1 N–H and O–H groups in total. The third-order valence-corrected chi connectivity index (χ3v) is 6.11. The van der Waals surface area contributed by atoms with Crippen LogP contribution in [0.25, 0.3) is 5.76 Å². The number of hydrogen-bond acceptors (Lipinski definition) is 5. The predicted molar refractivity (Wildman–Crippen MR) is 113 cm³/mol. The van der Waals surface area contributed by atoms with Crippen molar-refractivity contribution in [1.82, 2.24) is 0 Å². The van der Waals surface area contributed by atoms with Gasteiger partial charge in [-0.3, -0.25) is 14.5 Å². The standard InChI is InChI=1S/C23H18FNO4S/c1-13-10-11-30-22(13)19-18(20(26)14-4-3-5-17(12-14)29-2)21(27)23(28)25(19)16-8-6-15(24)7-9-16/h3-12,19,26H,1-2H3/b20-18-. The first-order valence-electron chi connectivity index (χ1n) is 9.17. The van der Waals surface area contributed by atoms with Crippen LogP contribution < -0.4 is 9.64 Å². The number of thiophene rings is 1. The maximum atomic E-state index is 13.5. The fourth-order valence-corrected chi connectivity index (χ4v) is 4.56. The van der Waals surface area contributed by atoms with Crippen molar-refractivity contribution < 1.29 is 23.8 Å². The molecule has 1 saturated heterocycles. The molecule has 30 heavy (non-hydrogen) atoms. The van der Waals surface area contributed by atoms with Crippen molar-refractivity contribution in [3.63, 3.8) is 0 Å². The van der Waals surface area contributed by atoms with Crippen molar-refractivity contribution in [3.05, 3.63) is 87.4 Å². The van der Waals surface area contributed by atoms with E-state index in [0.29, 0.717) is 17.0 Å². The number of ketones is 1. The van der Waals surface area contributed by atoms with E-state index in [0.717, 1.165) is 10.4 Å². The van der Waals surface area contributed by atoms with Gasteiger partial charge in [0.1, 0.15) is 23.4 Å². The molecule has 1 aliphatic rings. The molecule has 1 atom stereocenters. The SMILES string of the molecule is COc1cccc(/C(O)=C2/C(=O)C(=O)N(c3ccc(F)cc3)C2c2sccc2C)c1. The van der Waals surface area contributed by atoms with Crippen molar-refractivity contribution in [2.75, 3.05) is 12.0 Å². The minimum absolute atomic E-state index is 0.0110. The Morgan fingerprint density at radius 3 is 2.50 bits per heavy atom. The minimum Gasteiger partial charge on any atom is -0.507 e. The lowest BCUT2D eigenvalue weighted by Crippen LogP contribution is -2.29. The Morgan fingerprint density at radius 1 is 1.13 bits per heavy atom. The first kappa shape index (κ1) is 19.8. The van der Waals surface area contributed by atoms with E-state index in [1.165, 1.54) is 47.6 Å². The maximum absolute atomic E-state index is 13.5. The summed E-state index contributed by atoms with van der Waals surface area (Å²) in [4.78, 5) is 28.1. The highest BCUT2D eigenvalue weighted by Crippen LogP contribution is 2.44. The van der Waals surface area contributed by atoms with Crippen molar-refractivity contribution in [1.29, 1.82) is 0 Å². The van der Waals surface area contributed by atoms with Crippen LogP contribution in [0.15, 0.2) is 65.6 Å². The average Bonchev–Trinajstić information content (AvgIpc) is 3.29. The summed E-state index contributed by atoms with van der Waals surface area (Å²) in [7, 11) is 1.50. The topological polar surface area (TPSA) is 66.8 Å². The second-order valence-corrected chi connectivity index (χ2v) is 7.79. The summed E-state index contributed by atoms with van der Waals surface area (Å²) in [6, 6.07) is 13.1. The molecule has 0 spiro atoms. The van der Waals surface area contributed by atoms with Gasteiger partial charge < -0.3 is 9.84 Å². The van der Waals surface area contributed by atoms with E-state index in [1.54, 1.807) is 24.3 Å². The van der Waals surface area contributed by atoms with E-state index < -0.39 is 23.5 Å². The van der Waals surface area contributed by atoms with Crippen LogP contribution in [-0.2, 0) is 9.59 Å². The molecule has 0 aliphatic carbocycles. The molecule has 1 fully saturated rings. The Balaban J connectivity index is 1.94. The summed E-state index contributed by atoms with van der Waals surface area (Å²) in [5.74, 6) is -1.79. The van der Waals surface area contributed by atoms with Gasteiger partial charge in [-0.1, -0.05) is 12.1 Å². The molecular formula is C23H18FNO4S. The minimum atomic E-state index is -0.818. The Bertz CT molecular complexity index is 1170. The summed E-state index contributed by atoms with van der Waals surface area (Å²) in [6.07, 6.45) is 0. The molecule has 2 heterocycles. The van der Waals surface area contributed by atoms with Gasteiger partial charge in [-0.2, -0.15) is 0 Å². The van der Waals surface area contributed by atoms with E-state index in [1.807, 2.05) is 18.4 Å². The number of anilines is 1. The number of nitrogens with zero attached hydrogens (tertiary/aromatic N) is 1. The van der Waals surface area contributed by atoms with Crippen LogP contribution in [0.5, 0.6) is 5.75 Å². The number of aliphatic hydroxyl groups excluding tert-OH is 1. The molecule has 3 aromatic rings. The van der Waals surface area contributed by atoms with Crippen LogP contribution in [0.1, 0.15) is 22.0 Å². The highest BCUT2D eigenvalue weighted by molar-refractivity contribution is 7.10. The van der Waals surface area contributed by atoms with Gasteiger partial charge in [0.15, 0.2) is 0 Å². The fourth-order valence-electron chi connectivity index (χ4n) is 3.54. The third-order valence-electron chi connectivity index (χ3n) is 5.04. The summed E-state index contributed by atoms with van der Waals surface area (Å²) >= 11 is 1.39. The highest BCUT2D eigenvalue weighted by Gasteiger charge is 2.47. The lowest BCUT2D eigenvalue weighted by molar-refractivity contribution is -0.132. The zero-order valence-corrected chi connectivity index (χ0v) is 17.1. The number of Topliss-reactive ketones (excluding diaryl/α,β-unsaturated/α-hetero) is 1. The van der Waals surface area contributed by atoms with Crippen LogP contribution in [0.3, 0.4) is 0 Å². The van der Waals surface area contributed by atoms with Crippen LogP contribution in [-0.4, -0.2) is 23.9 Å². The molecule has 1 aliphatic heterocycles. The number of carbonyl (C=O) groups is 2. The normalized spacial score (nSPS) is 18.1. The van der Waals surface area contributed by atoms with Gasteiger partial charge in [0.05, 0.1) is 12.7 Å². The molecule has 0 saturated carbocycles. The zero-order valence-electron chi connectivity index (χ0n) is 16.3. The van der Waals surface area contributed by atoms with Crippen molar-refractivity contribution in [2.24, 2.45) is 0 Å². The lowest BCUT2D eigenvalue weighted by Gasteiger charge is -2.25. The Hall–Kier alpha value is -3.45. The van der Waals surface area contributed by atoms with Gasteiger partial charge >= 0.3 is 0 Å². The van der Waals surface area contributed by atoms with E-state index in [-0.39, 0.29) is 11.3 Å². The quantitative estimate of drug-likeness (QED) is 0.371. The monoisotopic (exact) mass is 423 g/mol. The first-order chi connectivity index (χ1) is 14.4. The van der Waals surface area contributed by atoms with Crippen molar-refractivity contribution >= 4 is 34.5 Å². The number of hydrogen-bond donors (Lipinski definition) is 1. The van der Waals surface area contributed by atoms with E-state index in [9.17, 15) is 19.1 Å². The number of amides is 1. The summed E-state index contributed by atoms with van der Waals surface area (Å²) in [5.41, 5.74) is 1.62. The fraction of sp³-hybridized carbons (Fsp3) is 0.130.